The maximum absolute atomic E-state index is 12.5. The second kappa shape index (κ2) is 8.31. The number of aryl methyl sites for hydroxylation is 2. The van der Waals surface area contributed by atoms with Gasteiger partial charge >= 0.3 is 0 Å². The van der Waals surface area contributed by atoms with Gasteiger partial charge in [0.05, 0.1) is 5.56 Å². The molecular formula is C23H25N5O. The Morgan fingerprint density at radius 2 is 1.45 bits per heavy atom. The van der Waals surface area contributed by atoms with E-state index in [1.165, 1.54) is 5.69 Å². The molecule has 1 aromatic heterocycles. The Balaban J connectivity index is 1.37. The summed E-state index contributed by atoms with van der Waals surface area (Å²) in [5, 5.41) is 2.92. The number of hydrogen-bond donors (Lipinski definition) is 1. The van der Waals surface area contributed by atoms with Crippen molar-refractivity contribution in [2.75, 3.05) is 41.3 Å². The van der Waals surface area contributed by atoms with Gasteiger partial charge in [-0.3, -0.25) is 4.79 Å². The first-order valence-corrected chi connectivity index (χ1v) is 9.85. The lowest BCUT2D eigenvalue weighted by molar-refractivity contribution is 0.102. The number of aromatic nitrogens is 2. The average Bonchev–Trinajstić information content (AvgIpc) is 2.74. The van der Waals surface area contributed by atoms with Crippen LogP contribution in [-0.4, -0.2) is 42.1 Å². The maximum Gasteiger partial charge on any atom is 0.258 e. The van der Waals surface area contributed by atoms with Crippen LogP contribution in [0, 0.1) is 13.8 Å². The van der Waals surface area contributed by atoms with Crippen LogP contribution in [0.15, 0.2) is 60.9 Å². The van der Waals surface area contributed by atoms with Crippen molar-refractivity contribution in [2.45, 2.75) is 13.8 Å². The van der Waals surface area contributed by atoms with Crippen molar-refractivity contribution in [3.63, 3.8) is 0 Å². The van der Waals surface area contributed by atoms with Gasteiger partial charge in [0.15, 0.2) is 0 Å². The van der Waals surface area contributed by atoms with E-state index in [1.807, 2.05) is 32.0 Å². The van der Waals surface area contributed by atoms with Gasteiger partial charge < -0.3 is 15.1 Å². The maximum atomic E-state index is 12.5. The van der Waals surface area contributed by atoms with Crippen LogP contribution in [0.3, 0.4) is 0 Å². The van der Waals surface area contributed by atoms with E-state index >= 15 is 0 Å². The molecule has 2 heterocycles. The smallest absolute Gasteiger partial charge is 0.258 e. The predicted molar refractivity (Wildman–Crippen MR) is 117 cm³/mol. The second-order valence-corrected chi connectivity index (χ2v) is 7.41. The summed E-state index contributed by atoms with van der Waals surface area (Å²) in [6.07, 6.45) is 3.20. The predicted octanol–water partition coefficient (Wildman–Crippen LogP) is 3.67. The summed E-state index contributed by atoms with van der Waals surface area (Å²) in [6, 6.07) is 16.4. The molecule has 1 amide bonds. The van der Waals surface area contributed by atoms with Crippen LogP contribution in [0.25, 0.3) is 0 Å². The Bertz CT molecular complexity index is 960. The van der Waals surface area contributed by atoms with Crippen molar-refractivity contribution < 1.29 is 4.79 Å². The number of para-hydroxylation sites is 1. The first-order valence-electron chi connectivity index (χ1n) is 9.85. The van der Waals surface area contributed by atoms with Gasteiger partial charge in [0, 0.05) is 49.9 Å². The van der Waals surface area contributed by atoms with E-state index in [0.717, 1.165) is 43.0 Å². The molecule has 148 valence electrons. The molecule has 0 saturated carbocycles. The van der Waals surface area contributed by atoms with Gasteiger partial charge in [0.1, 0.15) is 0 Å². The van der Waals surface area contributed by atoms with Gasteiger partial charge in [-0.25, -0.2) is 9.97 Å². The number of nitrogens with one attached hydrogen (secondary N) is 1. The van der Waals surface area contributed by atoms with Crippen molar-refractivity contribution in [2.24, 2.45) is 0 Å². The van der Waals surface area contributed by atoms with E-state index in [1.54, 1.807) is 12.4 Å². The van der Waals surface area contributed by atoms with E-state index in [0.29, 0.717) is 11.5 Å². The summed E-state index contributed by atoms with van der Waals surface area (Å²) in [4.78, 5) is 25.9. The Kier molecular flexibility index (Phi) is 5.42. The fourth-order valence-electron chi connectivity index (χ4n) is 3.66. The van der Waals surface area contributed by atoms with Gasteiger partial charge in [-0.15, -0.1) is 0 Å². The molecule has 6 nitrogen and oxygen atoms in total. The zero-order chi connectivity index (χ0) is 20.2. The molecule has 0 atom stereocenters. The fourth-order valence-corrected chi connectivity index (χ4v) is 3.66. The lowest BCUT2D eigenvalue weighted by Crippen LogP contribution is -2.47. The number of carbonyl (C=O) groups excluding carboxylic acids is 1. The zero-order valence-corrected chi connectivity index (χ0v) is 16.8. The van der Waals surface area contributed by atoms with Crippen LogP contribution in [0.5, 0.6) is 0 Å². The SMILES string of the molecule is Cc1cc(C)cc(NC(=O)c2cnc(N3CCN(c4ccccc4)CC3)nc2)c1. The number of carbonyl (C=O) groups is 1. The molecule has 6 heteroatoms. The number of nitrogens with zero attached hydrogens (tertiary/aromatic N) is 4. The average molecular weight is 387 g/mol. The number of anilines is 3. The van der Waals surface area contributed by atoms with Gasteiger partial charge in [0.25, 0.3) is 5.91 Å². The molecule has 1 fully saturated rings. The summed E-state index contributed by atoms with van der Waals surface area (Å²) in [5.41, 5.74) is 4.71. The third-order valence-corrected chi connectivity index (χ3v) is 5.06. The van der Waals surface area contributed by atoms with Crippen LogP contribution in [-0.2, 0) is 0 Å². The fraction of sp³-hybridized carbons (Fsp3) is 0.261. The Morgan fingerprint density at radius 1 is 0.862 bits per heavy atom. The molecule has 0 aliphatic carbocycles. The third kappa shape index (κ3) is 4.54. The first kappa shape index (κ1) is 18.9. The Morgan fingerprint density at radius 3 is 2.07 bits per heavy atom. The third-order valence-electron chi connectivity index (χ3n) is 5.06. The van der Waals surface area contributed by atoms with Crippen molar-refractivity contribution in [3.8, 4) is 0 Å². The largest absolute Gasteiger partial charge is 0.368 e. The molecule has 29 heavy (non-hydrogen) atoms. The molecule has 2 aromatic carbocycles. The van der Waals surface area contributed by atoms with Crippen molar-refractivity contribution in [3.05, 3.63) is 77.6 Å². The van der Waals surface area contributed by atoms with Gasteiger partial charge in [0.2, 0.25) is 5.95 Å². The summed E-state index contributed by atoms with van der Waals surface area (Å²) in [7, 11) is 0. The van der Waals surface area contributed by atoms with Crippen LogP contribution in [0.2, 0.25) is 0 Å². The molecule has 0 spiro atoms. The van der Waals surface area contributed by atoms with Crippen LogP contribution >= 0.6 is 0 Å². The zero-order valence-electron chi connectivity index (χ0n) is 16.8. The molecule has 3 aromatic rings. The van der Waals surface area contributed by atoms with Crippen molar-refractivity contribution in [1.29, 1.82) is 0 Å². The lowest BCUT2D eigenvalue weighted by atomic mass is 10.1. The molecule has 1 saturated heterocycles. The minimum atomic E-state index is -0.199. The lowest BCUT2D eigenvalue weighted by Gasteiger charge is -2.36. The summed E-state index contributed by atoms with van der Waals surface area (Å²) < 4.78 is 0. The molecule has 0 radical (unpaired) electrons. The highest BCUT2D eigenvalue weighted by Gasteiger charge is 2.19. The van der Waals surface area contributed by atoms with Gasteiger partial charge in [-0.05, 0) is 49.2 Å². The van der Waals surface area contributed by atoms with Crippen molar-refractivity contribution in [1.82, 2.24) is 9.97 Å². The van der Waals surface area contributed by atoms with Crippen LogP contribution < -0.4 is 15.1 Å². The molecule has 1 N–H and O–H groups in total. The highest BCUT2D eigenvalue weighted by molar-refractivity contribution is 6.04. The number of rotatable bonds is 4. The standard InChI is InChI=1S/C23H25N5O/c1-17-12-18(2)14-20(13-17)26-22(29)19-15-24-23(25-16-19)28-10-8-27(9-11-28)21-6-4-3-5-7-21/h3-7,12-16H,8-11H2,1-2H3,(H,26,29). The Labute approximate surface area is 171 Å². The van der Waals surface area contributed by atoms with Crippen LogP contribution in [0.4, 0.5) is 17.3 Å². The molecular weight excluding hydrogens is 362 g/mol. The molecule has 1 aliphatic rings. The molecule has 1 aliphatic heterocycles. The van der Waals surface area contributed by atoms with Gasteiger partial charge in [-0.1, -0.05) is 24.3 Å². The number of benzene rings is 2. The highest BCUT2D eigenvalue weighted by atomic mass is 16.1. The molecule has 4 rings (SSSR count). The van der Waals surface area contributed by atoms with E-state index in [2.05, 4.69) is 55.4 Å². The quantitative estimate of drug-likeness (QED) is 0.740. The number of piperazine rings is 1. The monoisotopic (exact) mass is 387 g/mol. The topological polar surface area (TPSA) is 61.4 Å². The van der Waals surface area contributed by atoms with E-state index < -0.39 is 0 Å². The normalized spacial score (nSPS) is 14.0. The highest BCUT2D eigenvalue weighted by Crippen LogP contribution is 2.18. The van der Waals surface area contributed by atoms with E-state index in [4.69, 9.17) is 0 Å². The molecule has 0 unspecified atom stereocenters. The number of hydrogen-bond acceptors (Lipinski definition) is 5. The van der Waals surface area contributed by atoms with Crippen LogP contribution in [0.1, 0.15) is 21.5 Å². The summed E-state index contributed by atoms with van der Waals surface area (Å²) in [5.74, 6) is 0.469. The van der Waals surface area contributed by atoms with E-state index in [-0.39, 0.29) is 5.91 Å². The second-order valence-electron chi connectivity index (χ2n) is 7.41. The van der Waals surface area contributed by atoms with Crippen molar-refractivity contribution >= 4 is 23.2 Å². The Hall–Kier alpha value is -3.41. The minimum absolute atomic E-state index is 0.199. The number of amides is 1. The van der Waals surface area contributed by atoms with Gasteiger partial charge in [-0.2, -0.15) is 0 Å². The summed E-state index contributed by atoms with van der Waals surface area (Å²) >= 11 is 0. The van der Waals surface area contributed by atoms with E-state index in [9.17, 15) is 4.79 Å². The first-order chi connectivity index (χ1) is 14.1. The molecule has 0 bridgehead atoms. The minimum Gasteiger partial charge on any atom is -0.368 e. The summed E-state index contributed by atoms with van der Waals surface area (Å²) in [6.45, 7) is 7.56.